The number of pyridine rings is 1. The van der Waals surface area contributed by atoms with E-state index in [9.17, 15) is 23.3 Å². The third-order valence-corrected chi connectivity index (χ3v) is 10.2. The van der Waals surface area contributed by atoms with Gasteiger partial charge in [0.2, 0.25) is 12.3 Å². The lowest BCUT2D eigenvalue weighted by Crippen LogP contribution is -2.23. The number of aliphatic hydroxyl groups excluding tert-OH is 1. The summed E-state index contributed by atoms with van der Waals surface area (Å²) in [6.07, 6.45) is 2.98. The van der Waals surface area contributed by atoms with Gasteiger partial charge in [-0.05, 0) is 104 Å². The number of anilines is 3. The van der Waals surface area contributed by atoms with E-state index in [0.717, 1.165) is 52.5 Å². The normalized spacial score (nSPS) is 14.8. The highest BCUT2D eigenvalue weighted by atomic mass is 32.2. The molecule has 0 aliphatic heterocycles. The Morgan fingerprint density at radius 3 is 2.50 bits per heavy atom. The highest BCUT2D eigenvalue weighted by Gasteiger charge is 2.31. The van der Waals surface area contributed by atoms with E-state index >= 15 is 0 Å². The molecule has 11 heteroatoms. The van der Waals surface area contributed by atoms with Crippen LogP contribution in [0.5, 0.6) is 0 Å². The van der Waals surface area contributed by atoms with Crippen molar-refractivity contribution in [3.05, 3.63) is 88.4 Å². The number of amides is 2. The molecule has 46 heavy (non-hydrogen) atoms. The van der Waals surface area contributed by atoms with E-state index in [1.54, 1.807) is 37.4 Å². The van der Waals surface area contributed by atoms with Gasteiger partial charge in [0.05, 0.1) is 29.5 Å². The summed E-state index contributed by atoms with van der Waals surface area (Å²) in [6.45, 7) is 6.27. The molecule has 5 N–H and O–H groups in total. The van der Waals surface area contributed by atoms with Gasteiger partial charge in [-0.3, -0.25) is 13.8 Å². The van der Waals surface area contributed by atoms with Crippen LogP contribution in [0.3, 0.4) is 0 Å². The number of nitrogens with zero attached hydrogens (tertiary/aromatic N) is 2. The van der Waals surface area contributed by atoms with Gasteiger partial charge in [-0.15, -0.1) is 0 Å². The summed E-state index contributed by atoms with van der Waals surface area (Å²) in [6, 6.07) is 14.6. The summed E-state index contributed by atoms with van der Waals surface area (Å²) >= 11 is 0. The van der Waals surface area contributed by atoms with Gasteiger partial charge in [-0.25, -0.2) is 9.37 Å². The molecule has 1 saturated carbocycles. The van der Waals surface area contributed by atoms with Gasteiger partial charge < -0.3 is 26.4 Å². The van der Waals surface area contributed by atoms with Gasteiger partial charge in [-0.2, -0.15) is 0 Å². The van der Waals surface area contributed by atoms with Crippen molar-refractivity contribution >= 4 is 51.1 Å². The molecular weight excluding hydrogens is 605 g/mol. The summed E-state index contributed by atoms with van der Waals surface area (Å²) in [5.74, 6) is -0.495. The second-order valence-electron chi connectivity index (χ2n) is 12.2. The van der Waals surface area contributed by atoms with Gasteiger partial charge in [0.15, 0.2) is 0 Å². The second-order valence-corrected chi connectivity index (χ2v) is 13.9. The zero-order valence-electron chi connectivity index (χ0n) is 26.5. The predicted molar refractivity (Wildman–Crippen MR) is 180 cm³/mol. The number of fused-ring (bicyclic) bond motifs is 1. The van der Waals surface area contributed by atoms with Gasteiger partial charge in [0.1, 0.15) is 11.6 Å². The van der Waals surface area contributed by atoms with Crippen LogP contribution in [0.4, 0.5) is 21.6 Å². The molecule has 9 nitrogen and oxygen atoms in total. The molecule has 0 saturated heterocycles. The molecule has 2 amide bonds. The number of carbonyl (C=O) groups is 2. The highest BCUT2D eigenvalue weighted by molar-refractivity contribution is 7.86. The van der Waals surface area contributed by atoms with Crippen LogP contribution in [0.25, 0.3) is 10.8 Å². The third kappa shape index (κ3) is 7.71. The predicted octanol–water partition coefficient (Wildman–Crippen LogP) is 5.54. The van der Waals surface area contributed by atoms with Crippen LogP contribution in [-0.4, -0.2) is 49.9 Å². The molecule has 1 aliphatic carbocycles. The molecule has 2 unspecified atom stereocenters. The molecule has 1 fully saturated rings. The molecule has 0 bridgehead atoms. The second kappa shape index (κ2) is 14.0. The Morgan fingerprint density at radius 1 is 1.13 bits per heavy atom. The molecule has 4 aromatic rings. The van der Waals surface area contributed by atoms with Crippen molar-refractivity contribution in [2.45, 2.75) is 75.3 Å². The van der Waals surface area contributed by atoms with Crippen molar-refractivity contribution in [3.8, 4) is 0 Å². The summed E-state index contributed by atoms with van der Waals surface area (Å²) in [7, 11) is 0.494. The highest BCUT2D eigenvalue weighted by Crippen LogP contribution is 2.33. The van der Waals surface area contributed by atoms with E-state index in [2.05, 4.69) is 27.8 Å². The van der Waals surface area contributed by atoms with Gasteiger partial charge >= 0.3 is 0 Å². The molecule has 3 atom stereocenters. The van der Waals surface area contributed by atoms with Crippen LogP contribution in [-0.2, 0) is 33.4 Å². The maximum Gasteiger partial charge on any atom is 0.226 e. The number of nitrogen functional groups attached to an aromatic ring is 1. The van der Waals surface area contributed by atoms with E-state index < -0.39 is 22.7 Å². The Hall–Kier alpha value is -4.35. The number of carbonyl (C=O) groups excluding carboxylic acids is 2. The largest absolute Gasteiger partial charge is 0.392 e. The van der Waals surface area contributed by atoms with Crippen LogP contribution in [0, 0.1) is 19.7 Å². The zero-order valence-corrected chi connectivity index (χ0v) is 27.3. The quantitative estimate of drug-likeness (QED) is 0.140. The summed E-state index contributed by atoms with van der Waals surface area (Å²) in [5, 5.41) is 18.3. The van der Waals surface area contributed by atoms with E-state index in [1.165, 1.54) is 4.90 Å². The first-order valence-electron chi connectivity index (χ1n) is 15.3. The Morgan fingerprint density at radius 2 is 1.83 bits per heavy atom. The number of aryl methyl sites for hydroxylation is 2. The monoisotopic (exact) mass is 645 g/mol. The number of aromatic nitrogens is 1. The van der Waals surface area contributed by atoms with Crippen molar-refractivity contribution in [3.63, 3.8) is 0 Å². The van der Waals surface area contributed by atoms with E-state index in [1.807, 2.05) is 26.8 Å². The fourth-order valence-corrected chi connectivity index (χ4v) is 7.24. The topological polar surface area (TPSA) is 138 Å². The molecule has 1 aliphatic rings. The lowest BCUT2D eigenvalue weighted by atomic mass is 9.92. The maximum atomic E-state index is 14.4. The van der Waals surface area contributed by atoms with Crippen molar-refractivity contribution in [2.75, 3.05) is 23.4 Å². The number of nitrogens with two attached hydrogens (primary N) is 1. The minimum atomic E-state index is -1.15. The minimum absolute atomic E-state index is 0.0915. The van der Waals surface area contributed by atoms with Crippen LogP contribution in [0.15, 0.2) is 59.6 Å². The number of benzene rings is 3. The number of rotatable bonds is 13. The molecular formula is C35H40FN5O4S. The van der Waals surface area contributed by atoms with Crippen LogP contribution < -0.4 is 16.4 Å². The SMILES string of the molecule is Cc1cc([C@H](C)Nc2ccc3c(N)ncc(F)c3c2)cc(C)c1CC(O)CC(=O)Nc1ccc(S(=O)C2CC2)c(CN(C)C=O)c1. The maximum absolute atomic E-state index is 14.4. The molecule has 1 heterocycles. The minimum Gasteiger partial charge on any atom is -0.392 e. The van der Waals surface area contributed by atoms with Crippen molar-refractivity contribution in [1.29, 1.82) is 0 Å². The Bertz CT molecular complexity index is 1790. The van der Waals surface area contributed by atoms with Gasteiger partial charge in [-0.1, -0.05) is 12.1 Å². The molecule has 0 spiro atoms. The molecule has 5 rings (SSSR count). The van der Waals surface area contributed by atoms with Gasteiger partial charge in [0, 0.05) is 51.9 Å². The first kappa shape index (κ1) is 33.0. The van der Waals surface area contributed by atoms with Crippen LogP contribution in [0.1, 0.15) is 60.0 Å². The smallest absolute Gasteiger partial charge is 0.226 e. The van der Waals surface area contributed by atoms with Crippen molar-refractivity contribution in [1.82, 2.24) is 9.88 Å². The Balaban J connectivity index is 1.22. The fraction of sp³-hybridized carbons (Fsp3) is 0.343. The van der Waals surface area contributed by atoms with E-state index in [-0.39, 0.29) is 36.0 Å². The molecule has 3 aromatic carbocycles. The van der Waals surface area contributed by atoms with Crippen LogP contribution >= 0.6 is 0 Å². The number of hydrogen-bond donors (Lipinski definition) is 4. The number of aliphatic hydroxyl groups is 1. The number of hydrogen-bond acceptors (Lipinski definition) is 7. The fourth-order valence-electron chi connectivity index (χ4n) is 5.73. The first-order valence-corrected chi connectivity index (χ1v) is 16.5. The average molecular weight is 646 g/mol. The Labute approximate surface area is 270 Å². The molecule has 1 aromatic heterocycles. The lowest BCUT2D eigenvalue weighted by molar-refractivity contribution is -0.118. The van der Waals surface area contributed by atoms with E-state index in [0.29, 0.717) is 34.2 Å². The summed E-state index contributed by atoms with van der Waals surface area (Å²) in [5.41, 5.74) is 11.9. The third-order valence-electron chi connectivity index (χ3n) is 8.32. The van der Waals surface area contributed by atoms with Crippen molar-refractivity contribution < 1.29 is 23.3 Å². The molecule has 0 radical (unpaired) electrons. The zero-order chi connectivity index (χ0) is 33.1. The van der Waals surface area contributed by atoms with Crippen molar-refractivity contribution in [2.24, 2.45) is 0 Å². The summed E-state index contributed by atoms with van der Waals surface area (Å²) < 4.78 is 27.2. The standard InChI is InChI=1S/C35H40FN5O4S/c1-20-11-23(22(3)39-26-5-9-29-31(14-26)32(36)17-38-35(29)37)12-21(2)30(20)15-27(43)16-34(44)40-25-6-10-33(46(45)28-7-8-28)24(13-25)18-41(4)19-42/h5-6,9-14,17,19,22,27-28,39,43H,7-8,15-16,18H2,1-4H3,(H2,37,38)(H,40,44)/t22-,27?,46?/m0/s1. The Kier molecular flexibility index (Phi) is 10.0. The van der Waals surface area contributed by atoms with Gasteiger partial charge in [0.25, 0.3) is 0 Å². The van der Waals surface area contributed by atoms with E-state index in [4.69, 9.17) is 5.73 Å². The average Bonchev–Trinajstić information content (AvgIpc) is 3.86. The van der Waals surface area contributed by atoms with Crippen LogP contribution in [0.2, 0.25) is 0 Å². The lowest BCUT2D eigenvalue weighted by Gasteiger charge is -2.21. The molecule has 242 valence electrons. The number of nitrogens with one attached hydrogen (secondary N) is 2. The number of halogens is 1. The first-order chi connectivity index (χ1) is 21.9. The summed E-state index contributed by atoms with van der Waals surface area (Å²) in [4.78, 5) is 30.2.